The Labute approximate surface area is 215 Å². The van der Waals surface area contributed by atoms with Gasteiger partial charge in [-0.15, -0.1) is 11.3 Å². The Morgan fingerprint density at radius 1 is 1.25 bits per heavy atom. The number of carbonyl (C=O) groups is 2. The molecule has 2 amide bonds. The number of rotatable bonds is 10. The normalized spacial score (nSPS) is 23.4. The molecule has 1 aromatic heterocycles. The van der Waals surface area contributed by atoms with Crippen LogP contribution in [0.5, 0.6) is 5.75 Å². The fourth-order valence-corrected chi connectivity index (χ4v) is 6.23. The van der Waals surface area contributed by atoms with E-state index < -0.39 is 23.9 Å². The van der Waals surface area contributed by atoms with Crippen molar-refractivity contribution in [2.24, 2.45) is 17.8 Å². The van der Waals surface area contributed by atoms with E-state index in [0.29, 0.717) is 24.8 Å². The molecule has 4 rings (SSSR count). The Bertz CT molecular complexity index is 1150. The standard InChI is InChI=1S/C28H33NO6S/c1-17(11-18-5-3-6-20(31)12-18)8-9-24(32)25-19(16-35-2)13-22-26(23(25)15-30)28(34)29(27(22)33)14-21-7-4-10-36-21/h3-7,10-12,22-24,26,30-32H,8-9,13-16H2,1-2H3/b17-11+/t22-,23+,24-,26-/m1/s1. The predicted octanol–water partition coefficient (Wildman–Crippen LogP) is 3.75. The lowest BCUT2D eigenvalue weighted by atomic mass is 9.68. The number of thiophene rings is 1. The van der Waals surface area contributed by atoms with Crippen LogP contribution in [0.1, 0.15) is 36.6 Å². The lowest BCUT2D eigenvalue weighted by Crippen LogP contribution is -2.39. The zero-order valence-corrected chi connectivity index (χ0v) is 21.4. The minimum atomic E-state index is -0.880. The van der Waals surface area contributed by atoms with Crippen LogP contribution in [0.3, 0.4) is 0 Å². The van der Waals surface area contributed by atoms with Crippen molar-refractivity contribution in [3.63, 3.8) is 0 Å². The van der Waals surface area contributed by atoms with Crippen LogP contribution >= 0.6 is 11.3 Å². The number of imide groups is 1. The quantitative estimate of drug-likeness (QED) is 0.331. The lowest BCUT2D eigenvalue weighted by molar-refractivity contribution is -0.140. The Kier molecular flexibility index (Phi) is 8.41. The van der Waals surface area contributed by atoms with Gasteiger partial charge in [-0.25, -0.2) is 0 Å². The molecule has 192 valence electrons. The van der Waals surface area contributed by atoms with E-state index in [2.05, 4.69) is 0 Å². The molecule has 0 unspecified atom stereocenters. The van der Waals surface area contributed by atoms with E-state index in [4.69, 9.17) is 4.74 Å². The van der Waals surface area contributed by atoms with Gasteiger partial charge in [0, 0.05) is 17.9 Å². The second-order valence-corrected chi connectivity index (χ2v) is 10.6. The van der Waals surface area contributed by atoms with E-state index >= 15 is 0 Å². The summed E-state index contributed by atoms with van der Waals surface area (Å²) in [5.74, 6) is -2.18. The zero-order chi connectivity index (χ0) is 25.8. The van der Waals surface area contributed by atoms with Crippen LogP contribution in [0.2, 0.25) is 0 Å². The molecular weight excluding hydrogens is 478 g/mol. The SMILES string of the molecule is COCC1=C([C@H](O)CC/C(C)=C/c2cccc(O)c2)[C@H](CO)[C@@H]2C(=O)N(Cc3cccs3)C(=O)[C@@H]2C1. The van der Waals surface area contributed by atoms with Crippen molar-refractivity contribution in [2.75, 3.05) is 20.3 Å². The molecule has 0 saturated carbocycles. The van der Waals surface area contributed by atoms with E-state index in [1.54, 1.807) is 25.3 Å². The number of phenolic OH excluding ortho intramolecular Hbond substituents is 1. The molecular formula is C28H33NO6S. The maximum Gasteiger partial charge on any atom is 0.234 e. The van der Waals surface area contributed by atoms with Gasteiger partial charge in [0.1, 0.15) is 5.75 Å². The van der Waals surface area contributed by atoms with Crippen LogP contribution in [0.25, 0.3) is 6.08 Å². The minimum absolute atomic E-state index is 0.192. The van der Waals surface area contributed by atoms with Crippen molar-refractivity contribution < 1.29 is 29.6 Å². The summed E-state index contributed by atoms with van der Waals surface area (Å²) in [5, 5.41) is 33.3. The molecule has 1 saturated heterocycles. The molecule has 1 aliphatic carbocycles. The summed E-state index contributed by atoms with van der Waals surface area (Å²) in [7, 11) is 1.56. The van der Waals surface area contributed by atoms with Crippen LogP contribution in [0.15, 0.2) is 58.5 Å². The fourth-order valence-electron chi connectivity index (χ4n) is 5.54. The van der Waals surface area contributed by atoms with Gasteiger partial charge in [0.05, 0.1) is 37.7 Å². The summed E-state index contributed by atoms with van der Waals surface area (Å²) >= 11 is 1.49. The van der Waals surface area contributed by atoms with Gasteiger partial charge in [-0.3, -0.25) is 14.5 Å². The number of phenols is 1. The molecule has 0 spiro atoms. The maximum atomic E-state index is 13.4. The van der Waals surface area contributed by atoms with Gasteiger partial charge < -0.3 is 20.1 Å². The highest BCUT2D eigenvalue weighted by molar-refractivity contribution is 7.09. The van der Waals surface area contributed by atoms with E-state index in [1.807, 2.05) is 36.6 Å². The number of carbonyl (C=O) groups excluding carboxylic acids is 2. The van der Waals surface area contributed by atoms with Crippen LogP contribution in [0, 0.1) is 17.8 Å². The van der Waals surface area contributed by atoms with Crippen molar-refractivity contribution in [2.45, 2.75) is 38.8 Å². The molecule has 7 nitrogen and oxygen atoms in total. The molecule has 1 aliphatic heterocycles. The predicted molar refractivity (Wildman–Crippen MR) is 138 cm³/mol. The Balaban J connectivity index is 1.55. The molecule has 0 radical (unpaired) electrons. The number of ether oxygens (including phenoxy) is 1. The number of benzene rings is 1. The van der Waals surface area contributed by atoms with Crippen LogP contribution in [-0.2, 0) is 20.9 Å². The van der Waals surface area contributed by atoms with Crippen LogP contribution in [-0.4, -0.2) is 58.5 Å². The van der Waals surface area contributed by atoms with E-state index in [9.17, 15) is 24.9 Å². The highest BCUT2D eigenvalue weighted by atomic mass is 32.1. The van der Waals surface area contributed by atoms with Crippen LogP contribution in [0.4, 0.5) is 0 Å². The summed E-state index contributed by atoms with van der Waals surface area (Å²) in [6.07, 6.45) is 2.40. The first-order valence-electron chi connectivity index (χ1n) is 12.2. The molecule has 2 heterocycles. The molecule has 36 heavy (non-hydrogen) atoms. The van der Waals surface area contributed by atoms with Crippen molar-refractivity contribution in [3.05, 3.63) is 68.9 Å². The van der Waals surface area contributed by atoms with E-state index in [1.165, 1.54) is 16.2 Å². The number of aromatic hydroxyl groups is 1. The fraction of sp³-hybridized carbons (Fsp3) is 0.429. The first-order valence-corrected chi connectivity index (χ1v) is 13.1. The molecule has 2 aliphatic rings. The minimum Gasteiger partial charge on any atom is -0.508 e. The molecule has 1 aromatic carbocycles. The smallest absolute Gasteiger partial charge is 0.234 e. The number of amides is 2. The average Bonchev–Trinajstić information content (AvgIpc) is 3.45. The Morgan fingerprint density at radius 2 is 2.06 bits per heavy atom. The average molecular weight is 512 g/mol. The summed E-state index contributed by atoms with van der Waals surface area (Å²) in [5.41, 5.74) is 3.32. The third kappa shape index (κ3) is 5.47. The highest BCUT2D eigenvalue weighted by Gasteiger charge is 2.54. The second-order valence-electron chi connectivity index (χ2n) is 9.60. The van der Waals surface area contributed by atoms with Crippen molar-refractivity contribution in [1.82, 2.24) is 4.90 Å². The number of likely N-dealkylation sites (tertiary alicyclic amines) is 1. The van der Waals surface area contributed by atoms with Gasteiger partial charge in [0.2, 0.25) is 11.8 Å². The first kappa shape index (κ1) is 26.3. The third-order valence-corrected chi connectivity index (χ3v) is 8.00. The van der Waals surface area contributed by atoms with Gasteiger partial charge in [0.15, 0.2) is 0 Å². The first-order chi connectivity index (χ1) is 17.3. The van der Waals surface area contributed by atoms with Crippen molar-refractivity contribution >= 4 is 29.2 Å². The third-order valence-electron chi connectivity index (χ3n) is 7.14. The topological polar surface area (TPSA) is 107 Å². The highest BCUT2D eigenvalue weighted by Crippen LogP contribution is 2.46. The molecule has 2 aromatic rings. The van der Waals surface area contributed by atoms with Crippen LogP contribution < -0.4 is 0 Å². The van der Waals surface area contributed by atoms with E-state index in [-0.39, 0.29) is 37.3 Å². The molecule has 3 N–H and O–H groups in total. The summed E-state index contributed by atoms with van der Waals surface area (Å²) in [6.45, 7) is 2.10. The number of methoxy groups -OCH3 is 1. The second kappa shape index (κ2) is 11.5. The van der Waals surface area contributed by atoms with Crippen molar-refractivity contribution in [1.29, 1.82) is 0 Å². The monoisotopic (exact) mass is 511 g/mol. The van der Waals surface area contributed by atoms with Gasteiger partial charge in [-0.1, -0.05) is 29.8 Å². The number of allylic oxidation sites excluding steroid dienone is 1. The summed E-state index contributed by atoms with van der Waals surface area (Å²) in [4.78, 5) is 28.9. The summed E-state index contributed by atoms with van der Waals surface area (Å²) < 4.78 is 5.40. The molecule has 0 bridgehead atoms. The molecule has 4 atom stereocenters. The number of aliphatic hydroxyl groups excluding tert-OH is 2. The number of hydrogen-bond donors (Lipinski definition) is 3. The largest absolute Gasteiger partial charge is 0.508 e. The number of nitrogens with zero attached hydrogens (tertiary/aromatic N) is 1. The van der Waals surface area contributed by atoms with Gasteiger partial charge in [-0.2, -0.15) is 0 Å². The van der Waals surface area contributed by atoms with Crippen molar-refractivity contribution in [3.8, 4) is 5.75 Å². The lowest BCUT2D eigenvalue weighted by Gasteiger charge is -2.36. The molecule has 8 heteroatoms. The number of hydrogen-bond acceptors (Lipinski definition) is 7. The Hall–Kier alpha value is -2.78. The maximum absolute atomic E-state index is 13.4. The van der Waals surface area contributed by atoms with Gasteiger partial charge >= 0.3 is 0 Å². The number of aliphatic hydroxyl groups is 2. The number of fused-ring (bicyclic) bond motifs is 1. The Morgan fingerprint density at radius 3 is 2.72 bits per heavy atom. The summed E-state index contributed by atoms with van der Waals surface area (Å²) in [6, 6.07) is 10.7. The molecule has 1 fully saturated rings. The van der Waals surface area contributed by atoms with Gasteiger partial charge in [-0.05, 0) is 66.5 Å². The zero-order valence-electron chi connectivity index (χ0n) is 20.6. The van der Waals surface area contributed by atoms with E-state index in [0.717, 1.165) is 21.6 Å². The van der Waals surface area contributed by atoms with Gasteiger partial charge in [0.25, 0.3) is 0 Å².